The third-order valence-electron chi connectivity index (χ3n) is 5.43. The number of aliphatic imine (C=N–C) groups is 1. The average Bonchev–Trinajstić information content (AvgIpc) is 3.19. The van der Waals surface area contributed by atoms with Gasteiger partial charge in [-0.25, -0.2) is 0 Å². The SMILES string of the molecule is CCNC(=NCC1CCCN(CC)C1)N1CCN(Cc2ccon2)CC1.I. The van der Waals surface area contributed by atoms with Gasteiger partial charge in [-0.1, -0.05) is 12.1 Å². The molecule has 8 heteroatoms. The Hall–Kier alpha value is -0.870. The number of piperidine rings is 1. The van der Waals surface area contributed by atoms with Crippen molar-refractivity contribution in [2.75, 3.05) is 58.9 Å². The zero-order valence-corrected chi connectivity index (χ0v) is 19.1. The van der Waals surface area contributed by atoms with Crippen molar-refractivity contribution >= 4 is 29.9 Å². The number of guanidine groups is 1. The number of likely N-dealkylation sites (tertiary alicyclic amines) is 1. The highest BCUT2D eigenvalue weighted by atomic mass is 127. The normalized spacial score (nSPS) is 22.5. The van der Waals surface area contributed by atoms with Crippen LogP contribution in [-0.4, -0.2) is 84.7 Å². The van der Waals surface area contributed by atoms with Crippen LogP contribution in [0.25, 0.3) is 0 Å². The number of nitrogens with zero attached hydrogens (tertiary/aromatic N) is 5. The summed E-state index contributed by atoms with van der Waals surface area (Å²) in [6, 6.07) is 1.95. The topological polar surface area (TPSA) is 60.1 Å². The van der Waals surface area contributed by atoms with Crippen molar-refractivity contribution in [3.05, 3.63) is 18.0 Å². The Bertz CT molecular complexity index is 544. The van der Waals surface area contributed by atoms with E-state index < -0.39 is 0 Å². The minimum atomic E-state index is 0. The highest BCUT2D eigenvalue weighted by Gasteiger charge is 2.22. The molecule has 0 spiro atoms. The molecule has 1 aromatic heterocycles. The standard InChI is InChI=1S/C19H34N6O.HI/c1-3-20-19(21-14-17-6-5-8-23(4-2)15-17)25-11-9-24(10-12-25)16-18-7-13-26-22-18;/h7,13,17H,3-6,8-12,14-16H2,1-2H3,(H,20,21);1H. The third-order valence-corrected chi connectivity index (χ3v) is 5.43. The van der Waals surface area contributed by atoms with Crippen LogP contribution in [0.1, 0.15) is 32.4 Å². The van der Waals surface area contributed by atoms with E-state index in [1.165, 1.54) is 25.9 Å². The predicted octanol–water partition coefficient (Wildman–Crippen LogP) is 2.11. The van der Waals surface area contributed by atoms with Crippen molar-refractivity contribution in [1.82, 2.24) is 25.2 Å². The van der Waals surface area contributed by atoms with Crippen LogP contribution in [0.15, 0.2) is 21.8 Å². The molecule has 2 saturated heterocycles. The van der Waals surface area contributed by atoms with Gasteiger partial charge < -0.3 is 19.6 Å². The molecular weight excluding hydrogens is 455 g/mol. The fraction of sp³-hybridized carbons (Fsp3) is 0.789. The molecule has 154 valence electrons. The number of hydrogen-bond donors (Lipinski definition) is 1. The first-order chi connectivity index (χ1) is 12.8. The first kappa shape index (κ1) is 22.4. The van der Waals surface area contributed by atoms with Gasteiger partial charge in [-0.15, -0.1) is 24.0 Å². The summed E-state index contributed by atoms with van der Waals surface area (Å²) in [7, 11) is 0. The van der Waals surface area contributed by atoms with E-state index in [0.717, 1.165) is 64.0 Å². The van der Waals surface area contributed by atoms with Crippen LogP contribution in [0.5, 0.6) is 0 Å². The molecule has 0 radical (unpaired) electrons. The monoisotopic (exact) mass is 490 g/mol. The summed E-state index contributed by atoms with van der Waals surface area (Å²) in [5.41, 5.74) is 1.01. The van der Waals surface area contributed by atoms with E-state index >= 15 is 0 Å². The van der Waals surface area contributed by atoms with Crippen LogP contribution in [0.2, 0.25) is 0 Å². The summed E-state index contributed by atoms with van der Waals surface area (Å²) in [5.74, 6) is 1.79. The van der Waals surface area contributed by atoms with E-state index in [0.29, 0.717) is 5.92 Å². The second-order valence-electron chi connectivity index (χ2n) is 7.35. The Morgan fingerprint density at radius 2 is 2.04 bits per heavy atom. The van der Waals surface area contributed by atoms with E-state index in [-0.39, 0.29) is 24.0 Å². The molecule has 2 fully saturated rings. The maximum atomic E-state index is 4.99. The zero-order chi connectivity index (χ0) is 18.2. The molecule has 0 amide bonds. The summed E-state index contributed by atoms with van der Waals surface area (Å²) in [6.07, 6.45) is 4.27. The van der Waals surface area contributed by atoms with Gasteiger partial charge in [0.05, 0.1) is 5.69 Å². The molecular formula is C19H35IN6O. The summed E-state index contributed by atoms with van der Waals surface area (Å²) in [4.78, 5) is 12.4. The highest BCUT2D eigenvalue weighted by molar-refractivity contribution is 14.0. The van der Waals surface area contributed by atoms with Gasteiger partial charge in [0.1, 0.15) is 6.26 Å². The fourth-order valence-corrected chi connectivity index (χ4v) is 3.89. The van der Waals surface area contributed by atoms with E-state index in [1.54, 1.807) is 6.26 Å². The fourth-order valence-electron chi connectivity index (χ4n) is 3.89. The van der Waals surface area contributed by atoms with Crippen molar-refractivity contribution in [2.45, 2.75) is 33.2 Å². The smallest absolute Gasteiger partial charge is 0.194 e. The molecule has 3 heterocycles. The van der Waals surface area contributed by atoms with Gasteiger partial charge in [0.15, 0.2) is 5.96 Å². The number of aromatic nitrogens is 1. The van der Waals surface area contributed by atoms with Crippen molar-refractivity contribution in [2.24, 2.45) is 10.9 Å². The Balaban J connectivity index is 0.00000261. The largest absolute Gasteiger partial charge is 0.364 e. The quantitative estimate of drug-likeness (QED) is 0.375. The molecule has 1 aromatic rings. The molecule has 0 bridgehead atoms. The predicted molar refractivity (Wildman–Crippen MR) is 120 cm³/mol. The maximum absolute atomic E-state index is 4.99. The van der Waals surface area contributed by atoms with Crippen LogP contribution in [0.4, 0.5) is 0 Å². The van der Waals surface area contributed by atoms with E-state index in [1.807, 2.05) is 6.07 Å². The van der Waals surface area contributed by atoms with Crippen molar-refractivity contribution < 1.29 is 4.52 Å². The molecule has 1 N–H and O–H groups in total. The second kappa shape index (κ2) is 11.9. The molecule has 0 aliphatic carbocycles. The van der Waals surface area contributed by atoms with Crippen molar-refractivity contribution in [3.63, 3.8) is 0 Å². The van der Waals surface area contributed by atoms with Crippen LogP contribution in [0.3, 0.4) is 0 Å². The van der Waals surface area contributed by atoms with E-state index in [9.17, 15) is 0 Å². The lowest BCUT2D eigenvalue weighted by molar-refractivity contribution is 0.167. The molecule has 0 saturated carbocycles. The Morgan fingerprint density at radius 3 is 2.70 bits per heavy atom. The first-order valence-electron chi connectivity index (χ1n) is 10.2. The second-order valence-corrected chi connectivity index (χ2v) is 7.35. The van der Waals surface area contributed by atoms with E-state index in [4.69, 9.17) is 9.52 Å². The molecule has 27 heavy (non-hydrogen) atoms. The zero-order valence-electron chi connectivity index (χ0n) is 16.8. The first-order valence-corrected chi connectivity index (χ1v) is 10.2. The lowest BCUT2D eigenvalue weighted by atomic mass is 9.98. The van der Waals surface area contributed by atoms with Gasteiger partial charge >= 0.3 is 0 Å². The molecule has 1 unspecified atom stereocenters. The van der Waals surface area contributed by atoms with Gasteiger partial charge in [-0.2, -0.15) is 0 Å². The molecule has 3 rings (SSSR count). The summed E-state index contributed by atoms with van der Waals surface area (Å²) >= 11 is 0. The summed E-state index contributed by atoms with van der Waals surface area (Å²) in [6.45, 7) is 14.8. The van der Waals surface area contributed by atoms with Gasteiger partial charge in [0.25, 0.3) is 0 Å². The summed E-state index contributed by atoms with van der Waals surface area (Å²) < 4.78 is 4.93. The Morgan fingerprint density at radius 1 is 1.22 bits per heavy atom. The van der Waals surface area contributed by atoms with Gasteiger partial charge in [-0.3, -0.25) is 9.89 Å². The molecule has 2 aliphatic rings. The number of nitrogens with one attached hydrogen (secondary N) is 1. The van der Waals surface area contributed by atoms with Crippen molar-refractivity contribution in [1.29, 1.82) is 0 Å². The Labute approximate surface area is 180 Å². The van der Waals surface area contributed by atoms with Crippen LogP contribution in [0, 0.1) is 5.92 Å². The lowest BCUT2D eigenvalue weighted by Crippen LogP contribution is -2.52. The molecule has 1 atom stereocenters. The number of hydrogen-bond acceptors (Lipinski definition) is 5. The molecule has 0 aromatic carbocycles. The van der Waals surface area contributed by atoms with Crippen LogP contribution in [-0.2, 0) is 6.54 Å². The number of halogens is 1. The maximum Gasteiger partial charge on any atom is 0.194 e. The van der Waals surface area contributed by atoms with Crippen molar-refractivity contribution in [3.8, 4) is 0 Å². The van der Waals surface area contributed by atoms with Crippen LogP contribution < -0.4 is 5.32 Å². The number of rotatable bonds is 6. The van der Waals surface area contributed by atoms with E-state index in [2.05, 4.69) is 39.0 Å². The Kier molecular flexibility index (Phi) is 9.84. The minimum absolute atomic E-state index is 0. The van der Waals surface area contributed by atoms with Gasteiger partial charge in [-0.05, 0) is 38.8 Å². The highest BCUT2D eigenvalue weighted by Crippen LogP contribution is 2.16. The summed E-state index contributed by atoms with van der Waals surface area (Å²) in [5, 5.41) is 7.51. The van der Waals surface area contributed by atoms with Gasteiger partial charge in [0, 0.05) is 58.4 Å². The third kappa shape index (κ3) is 6.90. The molecule has 7 nitrogen and oxygen atoms in total. The number of piperazine rings is 1. The lowest BCUT2D eigenvalue weighted by Gasteiger charge is -2.36. The van der Waals surface area contributed by atoms with Gasteiger partial charge in [0.2, 0.25) is 0 Å². The molecule has 2 aliphatic heterocycles. The van der Waals surface area contributed by atoms with Crippen LogP contribution >= 0.6 is 24.0 Å². The minimum Gasteiger partial charge on any atom is -0.364 e. The average molecular weight is 490 g/mol.